The van der Waals surface area contributed by atoms with Crippen LogP contribution in [-0.4, -0.2) is 61.9 Å². The molecule has 0 saturated heterocycles. The van der Waals surface area contributed by atoms with Gasteiger partial charge in [0.1, 0.15) is 10.6 Å². The van der Waals surface area contributed by atoms with Crippen molar-refractivity contribution in [2.45, 2.75) is 4.90 Å². The van der Waals surface area contributed by atoms with Crippen molar-refractivity contribution in [3.8, 4) is 5.75 Å². The molecule has 0 aliphatic rings. The van der Waals surface area contributed by atoms with E-state index in [1.165, 1.54) is 18.2 Å². The van der Waals surface area contributed by atoms with E-state index in [4.69, 9.17) is 9.66 Å². The van der Waals surface area contributed by atoms with Gasteiger partial charge in [-0.3, -0.25) is 4.55 Å². The van der Waals surface area contributed by atoms with Crippen molar-refractivity contribution in [2.24, 2.45) is 0 Å². The number of phenols is 1. The van der Waals surface area contributed by atoms with Gasteiger partial charge < -0.3 is 48.9 Å². The molecule has 0 bridgehead atoms. The van der Waals surface area contributed by atoms with Crippen LogP contribution >= 0.6 is 0 Å². The second-order valence-electron chi connectivity index (χ2n) is 1.94. The summed E-state index contributed by atoms with van der Waals surface area (Å²) in [4.78, 5) is -0.472. The molecule has 1 rings (SSSR count). The van der Waals surface area contributed by atoms with Gasteiger partial charge in [-0.15, -0.1) is 0 Å². The Kier molecular flexibility index (Phi) is 71.2. The number of phenolic OH excluding ortho intramolecular Hbond substituents is 1. The summed E-state index contributed by atoms with van der Waals surface area (Å²) >= 11 is 0. The van der Waals surface area contributed by atoms with E-state index in [-0.39, 0.29) is 63.3 Å². The second-order valence-corrected chi connectivity index (χ2v) is 3.33. The van der Waals surface area contributed by atoms with E-state index < -0.39 is 20.8 Å². The molecule has 0 atom stereocenters. The van der Waals surface area contributed by atoms with E-state index in [2.05, 4.69) is 0 Å². The van der Waals surface area contributed by atoms with Crippen LogP contribution in [0.1, 0.15) is 0 Å². The monoisotopic (exact) mass is 382 g/mol. The average Bonchev–Trinajstić information content (AvgIpc) is 1.86. The average molecular weight is 384 g/mol. The molecule has 126 valence electrons. The SMILES string of the molecule is O.O.O.O.O.O.O.O.O=S(=O)(O)c1ccccc1O.[Zn]. The first-order valence-corrected chi connectivity index (χ1v) is 4.21. The predicted molar refractivity (Wildman–Crippen MR) is 66.8 cm³/mol. The number of para-hydroxylation sites is 1. The summed E-state index contributed by atoms with van der Waals surface area (Å²) < 4.78 is 29.4. The molecule has 0 fully saturated rings. The van der Waals surface area contributed by atoms with Crippen molar-refractivity contribution < 1.29 is 81.4 Å². The molecule has 0 unspecified atom stereocenters. The summed E-state index contributed by atoms with van der Waals surface area (Å²) in [6.45, 7) is 0. The van der Waals surface area contributed by atoms with Gasteiger partial charge in [0.25, 0.3) is 10.1 Å². The van der Waals surface area contributed by atoms with Crippen molar-refractivity contribution >= 4 is 10.1 Å². The Morgan fingerprint density at radius 2 is 1.05 bits per heavy atom. The van der Waals surface area contributed by atoms with E-state index >= 15 is 0 Å². The molecule has 0 aromatic heterocycles. The Balaban J connectivity index is -0.0000000192. The van der Waals surface area contributed by atoms with Crippen LogP contribution in [0.4, 0.5) is 0 Å². The van der Waals surface area contributed by atoms with E-state index in [1.807, 2.05) is 0 Å². The predicted octanol–water partition coefficient (Wildman–Crippen LogP) is -5.96. The van der Waals surface area contributed by atoms with Crippen molar-refractivity contribution in [3.05, 3.63) is 24.3 Å². The smallest absolute Gasteiger partial charge is 0.298 e. The van der Waals surface area contributed by atoms with Gasteiger partial charge in [0.2, 0.25) is 0 Å². The maximum absolute atomic E-state index is 10.4. The van der Waals surface area contributed by atoms with Gasteiger partial charge in [0.05, 0.1) is 0 Å². The van der Waals surface area contributed by atoms with E-state index in [0.29, 0.717) is 0 Å². The van der Waals surface area contributed by atoms with Gasteiger partial charge in [-0.25, -0.2) is 0 Å². The molecule has 0 heterocycles. The Labute approximate surface area is 127 Å². The third-order valence-corrected chi connectivity index (χ3v) is 2.04. The van der Waals surface area contributed by atoms with E-state index in [1.54, 1.807) is 0 Å². The summed E-state index contributed by atoms with van der Waals surface area (Å²) in [5.41, 5.74) is 0. The van der Waals surface area contributed by atoms with Gasteiger partial charge in [0, 0.05) is 19.5 Å². The molecular weight excluding hydrogens is 362 g/mol. The van der Waals surface area contributed by atoms with Crippen molar-refractivity contribution in [3.63, 3.8) is 0 Å². The first kappa shape index (κ1) is 61.1. The molecule has 0 radical (unpaired) electrons. The first-order valence-electron chi connectivity index (χ1n) is 2.77. The summed E-state index contributed by atoms with van der Waals surface area (Å²) in [6.07, 6.45) is 0. The maximum atomic E-state index is 10.4. The number of rotatable bonds is 1. The van der Waals surface area contributed by atoms with Gasteiger partial charge in [0.15, 0.2) is 0 Å². The minimum Gasteiger partial charge on any atom is -0.506 e. The van der Waals surface area contributed by atoms with Crippen molar-refractivity contribution in [1.29, 1.82) is 0 Å². The second kappa shape index (κ2) is 23.3. The molecular formula is C6H22O12SZn. The minimum absolute atomic E-state index is 0. The minimum atomic E-state index is -4.28. The van der Waals surface area contributed by atoms with Crippen LogP contribution in [0.15, 0.2) is 29.2 Å². The Bertz CT molecular complexity index is 368. The van der Waals surface area contributed by atoms with Crippen molar-refractivity contribution in [2.75, 3.05) is 0 Å². The quantitative estimate of drug-likeness (QED) is 0.352. The fraction of sp³-hybridized carbons (Fsp3) is 0. The molecule has 0 spiro atoms. The number of hydrogen-bond acceptors (Lipinski definition) is 3. The van der Waals surface area contributed by atoms with Gasteiger partial charge in [-0.05, 0) is 12.1 Å². The molecule has 18 N–H and O–H groups in total. The largest absolute Gasteiger partial charge is 0.506 e. The van der Waals surface area contributed by atoms with Crippen LogP contribution in [0.25, 0.3) is 0 Å². The Hall–Kier alpha value is -0.767. The number of aromatic hydroxyl groups is 1. The summed E-state index contributed by atoms with van der Waals surface area (Å²) in [7, 11) is -4.28. The van der Waals surface area contributed by atoms with Crippen molar-refractivity contribution in [1.82, 2.24) is 0 Å². The van der Waals surface area contributed by atoms with Crippen LogP contribution in [0.2, 0.25) is 0 Å². The zero-order valence-corrected chi connectivity index (χ0v) is 13.9. The molecule has 12 nitrogen and oxygen atoms in total. The third kappa shape index (κ3) is 17.2. The van der Waals surface area contributed by atoms with Crippen LogP contribution in [-0.2, 0) is 29.6 Å². The molecule has 1 aromatic carbocycles. The van der Waals surface area contributed by atoms with Crippen LogP contribution < -0.4 is 0 Å². The fourth-order valence-corrected chi connectivity index (χ4v) is 1.26. The van der Waals surface area contributed by atoms with E-state index in [9.17, 15) is 8.42 Å². The molecule has 0 aliphatic heterocycles. The third-order valence-electron chi connectivity index (χ3n) is 1.14. The topological polar surface area (TPSA) is 327 Å². The van der Waals surface area contributed by atoms with Gasteiger partial charge in [-0.2, -0.15) is 8.42 Å². The van der Waals surface area contributed by atoms with E-state index in [0.717, 1.165) is 6.07 Å². The van der Waals surface area contributed by atoms with Crippen LogP contribution in [0.5, 0.6) is 5.75 Å². The zero-order chi connectivity index (χ0) is 8.48. The first-order chi connectivity index (χ1) is 5.02. The van der Waals surface area contributed by atoms with Gasteiger partial charge >= 0.3 is 0 Å². The molecule has 14 heteroatoms. The molecule has 1 aromatic rings. The summed E-state index contributed by atoms with van der Waals surface area (Å²) in [6, 6.07) is 5.17. The molecule has 0 aliphatic carbocycles. The zero-order valence-electron chi connectivity index (χ0n) is 10.1. The number of benzene rings is 1. The van der Waals surface area contributed by atoms with Gasteiger partial charge in [-0.1, -0.05) is 12.1 Å². The Morgan fingerprint density at radius 3 is 1.25 bits per heavy atom. The maximum Gasteiger partial charge on any atom is 0.298 e. The fourth-order valence-electron chi connectivity index (χ4n) is 0.675. The normalized spacial score (nSPS) is 6.25. The standard InChI is InChI=1S/C6H6O4S.8H2O.Zn/c7-5-3-1-2-4-6(5)11(8,9)10;;;;;;;;;/h1-4,7H,(H,8,9,10);8*1H2;. The Morgan fingerprint density at radius 1 is 0.750 bits per heavy atom. The van der Waals surface area contributed by atoms with Crippen LogP contribution in [0, 0.1) is 0 Å². The molecule has 20 heavy (non-hydrogen) atoms. The molecule has 0 saturated carbocycles. The summed E-state index contributed by atoms with van der Waals surface area (Å²) in [5, 5.41) is 8.91. The summed E-state index contributed by atoms with van der Waals surface area (Å²) in [5.74, 6) is -0.449. The number of hydrogen-bond donors (Lipinski definition) is 2. The van der Waals surface area contributed by atoms with Crippen LogP contribution in [0.3, 0.4) is 0 Å². The molecule has 0 amide bonds.